The number of rotatable bonds is 3. The first kappa shape index (κ1) is 11.0. The van der Waals surface area contributed by atoms with Gasteiger partial charge in [-0.05, 0) is 33.8 Å². The Morgan fingerprint density at radius 3 is 2.94 bits per heavy atom. The van der Waals surface area contributed by atoms with E-state index >= 15 is 0 Å². The normalized spacial score (nSPS) is 10.7. The minimum Gasteiger partial charge on any atom is -0.326 e. The maximum atomic E-state index is 13.6. The summed E-state index contributed by atoms with van der Waals surface area (Å²) in [5.41, 5.74) is 6.29. The van der Waals surface area contributed by atoms with Crippen molar-refractivity contribution in [2.24, 2.45) is 12.8 Å². The van der Waals surface area contributed by atoms with E-state index in [1.54, 1.807) is 19.2 Å². The lowest BCUT2D eigenvalue weighted by atomic mass is 10.2. The molecule has 0 bridgehead atoms. The van der Waals surface area contributed by atoms with Gasteiger partial charge in [0.2, 0.25) is 5.16 Å². The summed E-state index contributed by atoms with van der Waals surface area (Å²) in [6, 6.07) is 4.82. The first-order chi connectivity index (χ1) is 7.72. The van der Waals surface area contributed by atoms with E-state index in [1.807, 2.05) is 0 Å². The quantitative estimate of drug-likeness (QED) is 0.864. The molecule has 0 amide bonds. The Bertz CT molecular complexity index is 498. The van der Waals surface area contributed by atoms with Crippen LogP contribution in [0.5, 0.6) is 0 Å². The van der Waals surface area contributed by atoms with Crippen molar-refractivity contribution in [3.8, 4) is 0 Å². The van der Waals surface area contributed by atoms with Crippen molar-refractivity contribution in [2.45, 2.75) is 16.6 Å². The van der Waals surface area contributed by atoms with Crippen LogP contribution in [0, 0.1) is 5.82 Å². The summed E-state index contributed by atoms with van der Waals surface area (Å²) in [6.07, 6.45) is 0. The molecule has 0 spiro atoms. The number of aromatic nitrogens is 4. The van der Waals surface area contributed by atoms with E-state index < -0.39 is 0 Å². The van der Waals surface area contributed by atoms with Gasteiger partial charge in [-0.15, -0.1) is 5.10 Å². The molecule has 0 saturated heterocycles. The number of benzene rings is 1. The van der Waals surface area contributed by atoms with Crippen LogP contribution in [-0.2, 0) is 13.6 Å². The van der Waals surface area contributed by atoms with Crippen molar-refractivity contribution in [1.29, 1.82) is 0 Å². The van der Waals surface area contributed by atoms with Gasteiger partial charge in [0.1, 0.15) is 5.82 Å². The standard InChI is InChI=1S/C9H10FN5S/c1-15-9(12-13-14-15)16-8-6(5-11)3-2-4-7(8)10/h2-4H,5,11H2,1H3. The lowest BCUT2D eigenvalue weighted by Crippen LogP contribution is -2.01. The summed E-state index contributed by atoms with van der Waals surface area (Å²) in [6.45, 7) is 0.283. The Labute approximate surface area is 95.8 Å². The van der Waals surface area contributed by atoms with Gasteiger partial charge in [0.15, 0.2) is 0 Å². The van der Waals surface area contributed by atoms with Crippen LogP contribution in [0.3, 0.4) is 0 Å². The largest absolute Gasteiger partial charge is 0.326 e. The van der Waals surface area contributed by atoms with E-state index in [-0.39, 0.29) is 12.4 Å². The first-order valence-electron chi connectivity index (χ1n) is 4.60. The lowest BCUT2D eigenvalue weighted by molar-refractivity contribution is 0.595. The zero-order valence-corrected chi connectivity index (χ0v) is 9.41. The van der Waals surface area contributed by atoms with Crippen LogP contribution >= 0.6 is 11.8 Å². The maximum Gasteiger partial charge on any atom is 0.213 e. The second-order valence-electron chi connectivity index (χ2n) is 3.12. The molecule has 1 aromatic heterocycles. The Kier molecular flexibility index (Phi) is 3.16. The molecule has 0 radical (unpaired) electrons. The van der Waals surface area contributed by atoms with Crippen LogP contribution in [0.1, 0.15) is 5.56 Å². The van der Waals surface area contributed by atoms with Gasteiger partial charge in [-0.2, -0.15) is 0 Å². The predicted octanol–water partition coefficient (Wildman–Crippen LogP) is 0.959. The third-order valence-electron chi connectivity index (χ3n) is 2.04. The number of halogens is 1. The first-order valence-corrected chi connectivity index (χ1v) is 5.41. The van der Waals surface area contributed by atoms with Gasteiger partial charge in [-0.3, -0.25) is 0 Å². The predicted molar refractivity (Wildman–Crippen MR) is 57.2 cm³/mol. The summed E-state index contributed by atoms with van der Waals surface area (Å²) in [5, 5.41) is 11.5. The average molecular weight is 239 g/mol. The fourth-order valence-electron chi connectivity index (χ4n) is 1.23. The third-order valence-corrected chi connectivity index (χ3v) is 3.23. The highest BCUT2D eigenvalue weighted by Gasteiger charge is 2.12. The molecule has 2 aromatic rings. The molecule has 5 nitrogen and oxygen atoms in total. The Morgan fingerprint density at radius 2 is 2.31 bits per heavy atom. The van der Waals surface area contributed by atoms with E-state index in [0.717, 1.165) is 5.56 Å². The molecule has 0 saturated carbocycles. The number of tetrazole rings is 1. The second kappa shape index (κ2) is 4.58. The smallest absolute Gasteiger partial charge is 0.213 e. The van der Waals surface area contributed by atoms with Gasteiger partial charge in [0.05, 0.1) is 4.90 Å². The van der Waals surface area contributed by atoms with Crippen molar-refractivity contribution >= 4 is 11.8 Å². The molecule has 0 unspecified atom stereocenters. The molecule has 0 aliphatic heterocycles. The third kappa shape index (κ3) is 2.05. The molecule has 84 valence electrons. The SMILES string of the molecule is Cn1nnnc1Sc1c(F)cccc1CN. The number of hydrogen-bond acceptors (Lipinski definition) is 5. The van der Waals surface area contributed by atoms with E-state index in [2.05, 4.69) is 15.5 Å². The summed E-state index contributed by atoms with van der Waals surface area (Å²) in [4.78, 5) is 0.475. The molecule has 1 aromatic carbocycles. The summed E-state index contributed by atoms with van der Waals surface area (Å²) >= 11 is 1.17. The summed E-state index contributed by atoms with van der Waals surface area (Å²) in [7, 11) is 1.70. The van der Waals surface area contributed by atoms with Crippen molar-refractivity contribution in [3.63, 3.8) is 0 Å². The van der Waals surface area contributed by atoms with Crippen LogP contribution in [-0.4, -0.2) is 20.2 Å². The van der Waals surface area contributed by atoms with Crippen LogP contribution in [0.25, 0.3) is 0 Å². The monoisotopic (exact) mass is 239 g/mol. The fourth-order valence-corrected chi connectivity index (χ4v) is 2.10. The summed E-state index contributed by atoms with van der Waals surface area (Å²) < 4.78 is 15.1. The molecule has 0 aliphatic rings. The van der Waals surface area contributed by atoms with E-state index in [0.29, 0.717) is 10.1 Å². The maximum absolute atomic E-state index is 13.6. The average Bonchev–Trinajstić information content (AvgIpc) is 2.67. The van der Waals surface area contributed by atoms with E-state index in [4.69, 9.17) is 5.73 Å². The zero-order valence-electron chi connectivity index (χ0n) is 8.59. The van der Waals surface area contributed by atoms with Gasteiger partial charge in [0.25, 0.3) is 0 Å². The molecular formula is C9H10FN5S. The molecule has 2 rings (SSSR count). The van der Waals surface area contributed by atoms with Crippen LogP contribution in [0.4, 0.5) is 4.39 Å². The van der Waals surface area contributed by atoms with Gasteiger partial charge in [-0.1, -0.05) is 12.1 Å². The topological polar surface area (TPSA) is 69.6 Å². The van der Waals surface area contributed by atoms with Crippen LogP contribution < -0.4 is 5.73 Å². The van der Waals surface area contributed by atoms with Crippen molar-refractivity contribution in [2.75, 3.05) is 0 Å². The summed E-state index contributed by atoms with van der Waals surface area (Å²) in [5.74, 6) is -0.309. The number of nitrogens with zero attached hydrogens (tertiary/aromatic N) is 4. The second-order valence-corrected chi connectivity index (χ2v) is 4.10. The molecule has 1 heterocycles. The van der Waals surface area contributed by atoms with Crippen molar-refractivity contribution in [3.05, 3.63) is 29.6 Å². The minimum absolute atomic E-state index is 0.283. The van der Waals surface area contributed by atoms with Gasteiger partial charge < -0.3 is 5.73 Å². The molecule has 7 heteroatoms. The molecule has 0 aliphatic carbocycles. The van der Waals surface area contributed by atoms with Crippen molar-refractivity contribution < 1.29 is 4.39 Å². The van der Waals surface area contributed by atoms with Gasteiger partial charge in [0, 0.05) is 13.6 Å². The zero-order chi connectivity index (χ0) is 11.5. The van der Waals surface area contributed by atoms with Gasteiger partial charge in [-0.25, -0.2) is 9.07 Å². The molecular weight excluding hydrogens is 229 g/mol. The van der Waals surface area contributed by atoms with E-state index in [1.165, 1.54) is 22.5 Å². The Morgan fingerprint density at radius 1 is 1.50 bits per heavy atom. The fraction of sp³-hybridized carbons (Fsp3) is 0.222. The molecule has 2 N–H and O–H groups in total. The molecule has 0 fully saturated rings. The van der Waals surface area contributed by atoms with Crippen LogP contribution in [0.2, 0.25) is 0 Å². The van der Waals surface area contributed by atoms with Gasteiger partial charge >= 0.3 is 0 Å². The number of aryl methyl sites for hydroxylation is 1. The minimum atomic E-state index is -0.309. The Hall–Kier alpha value is -1.47. The molecule has 16 heavy (non-hydrogen) atoms. The van der Waals surface area contributed by atoms with Crippen molar-refractivity contribution in [1.82, 2.24) is 20.2 Å². The lowest BCUT2D eigenvalue weighted by Gasteiger charge is -2.06. The number of nitrogens with two attached hydrogens (primary N) is 1. The highest BCUT2D eigenvalue weighted by atomic mass is 32.2. The highest BCUT2D eigenvalue weighted by molar-refractivity contribution is 7.99. The highest BCUT2D eigenvalue weighted by Crippen LogP contribution is 2.30. The Balaban J connectivity index is 2.37. The molecule has 0 atom stereocenters. The van der Waals surface area contributed by atoms with E-state index in [9.17, 15) is 4.39 Å². The van der Waals surface area contributed by atoms with Crippen LogP contribution in [0.15, 0.2) is 28.3 Å². The number of hydrogen-bond donors (Lipinski definition) is 1.